The van der Waals surface area contributed by atoms with E-state index in [-0.39, 0.29) is 22.5 Å². The van der Waals surface area contributed by atoms with Gasteiger partial charge in [-0.3, -0.25) is 24.7 Å². The van der Waals surface area contributed by atoms with E-state index in [1.165, 1.54) is 6.07 Å². The van der Waals surface area contributed by atoms with Gasteiger partial charge in [-0.15, -0.1) is 0 Å². The lowest BCUT2D eigenvalue weighted by Crippen LogP contribution is -2.22. The predicted molar refractivity (Wildman–Crippen MR) is 85.5 cm³/mol. The number of anilines is 1. The van der Waals surface area contributed by atoms with Crippen molar-refractivity contribution in [3.63, 3.8) is 0 Å². The van der Waals surface area contributed by atoms with Crippen molar-refractivity contribution >= 4 is 23.3 Å². The molecule has 0 aliphatic carbocycles. The molecule has 2 aromatic rings. The Balaban J connectivity index is 2.03. The number of aromatic amines is 1. The Morgan fingerprint density at radius 1 is 1.35 bits per heavy atom. The van der Waals surface area contributed by atoms with Crippen molar-refractivity contribution < 1.29 is 24.4 Å². The van der Waals surface area contributed by atoms with Crippen LogP contribution in [0.4, 0.5) is 11.4 Å². The quantitative estimate of drug-likeness (QED) is 0.396. The Kier molecular flexibility index (Phi) is 5.29. The fraction of sp³-hybridized carbons (Fsp3) is 0.0667. The summed E-state index contributed by atoms with van der Waals surface area (Å²) in [5, 5.41) is 31.2. The summed E-state index contributed by atoms with van der Waals surface area (Å²) in [6.45, 7) is -0.742. The third kappa shape index (κ3) is 4.42. The maximum atomic E-state index is 11.8. The molecule has 0 aliphatic rings. The number of H-pyrrole nitrogens is 1. The zero-order chi connectivity index (χ0) is 19.3. The van der Waals surface area contributed by atoms with Gasteiger partial charge in [0.25, 0.3) is 17.2 Å². The molecule has 1 heterocycles. The predicted octanol–water partition coefficient (Wildman–Crippen LogP) is 0.656. The number of aromatic nitrogens is 1. The van der Waals surface area contributed by atoms with Crippen molar-refractivity contribution in [3.8, 4) is 11.9 Å². The van der Waals surface area contributed by atoms with Crippen LogP contribution in [0.3, 0.4) is 0 Å². The van der Waals surface area contributed by atoms with Crippen LogP contribution in [-0.4, -0.2) is 33.5 Å². The second-order valence-electron chi connectivity index (χ2n) is 4.84. The molecule has 0 unspecified atom stereocenters. The Morgan fingerprint density at radius 2 is 2.08 bits per heavy atom. The number of amides is 1. The van der Waals surface area contributed by atoms with Gasteiger partial charge in [-0.2, -0.15) is 5.26 Å². The second kappa shape index (κ2) is 7.58. The minimum absolute atomic E-state index is 0.00736. The molecule has 1 aromatic carbocycles. The number of non-ortho nitro benzene ring substituents is 1. The molecule has 0 fully saturated rings. The highest BCUT2D eigenvalue weighted by Gasteiger charge is 2.15. The number of nitrogens with zero attached hydrogens (tertiary/aromatic N) is 2. The summed E-state index contributed by atoms with van der Waals surface area (Å²) < 4.78 is 4.70. The van der Waals surface area contributed by atoms with Gasteiger partial charge in [-0.05, 0) is 6.07 Å². The van der Waals surface area contributed by atoms with E-state index in [9.17, 15) is 29.6 Å². The summed E-state index contributed by atoms with van der Waals surface area (Å²) in [6.07, 6.45) is 0. The van der Waals surface area contributed by atoms with Gasteiger partial charge in [-0.25, -0.2) is 4.79 Å². The summed E-state index contributed by atoms with van der Waals surface area (Å²) in [7, 11) is 0. The number of benzene rings is 1. The standard InChI is InChI=1S/C15H10N4O7/c16-6-9-3-10(19(24)25)1-2-11(9)17-14(22)7-26-15(23)8-4-12(20)18-13(21)5-8/h1-5H,7H2,(H,17,22)(H2,18,20,21). The van der Waals surface area contributed by atoms with E-state index in [0.717, 1.165) is 24.3 Å². The first-order valence-corrected chi connectivity index (χ1v) is 6.89. The van der Waals surface area contributed by atoms with Crippen LogP contribution in [0.25, 0.3) is 0 Å². The molecule has 0 atom stereocenters. The van der Waals surface area contributed by atoms with Gasteiger partial charge in [0.15, 0.2) is 12.5 Å². The van der Waals surface area contributed by atoms with Crippen molar-refractivity contribution in [3.05, 3.63) is 61.9 Å². The van der Waals surface area contributed by atoms with Crippen LogP contribution in [0.5, 0.6) is 5.88 Å². The molecule has 0 spiro atoms. The van der Waals surface area contributed by atoms with E-state index < -0.39 is 34.8 Å². The highest BCUT2D eigenvalue weighted by molar-refractivity contribution is 5.96. The molecular weight excluding hydrogens is 348 g/mol. The van der Waals surface area contributed by atoms with E-state index in [4.69, 9.17) is 10.00 Å². The first kappa shape index (κ1) is 18.1. The summed E-state index contributed by atoms with van der Waals surface area (Å²) in [5.41, 5.74) is -1.44. The fourth-order valence-corrected chi connectivity index (χ4v) is 1.89. The van der Waals surface area contributed by atoms with Gasteiger partial charge in [0, 0.05) is 24.3 Å². The first-order valence-electron chi connectivity index (χ1n) is 6.89. The van der Waals surface area contributed by atoms with Crippen molar-refractivity contribution in [2.75, 3.05) is 11.9 Å². The first-order chi connectivity index (χ1) is 12.3. The summed E-state index contributed by atoms with van der Waals surface area (Å²) in [5.74, 6) is -2.37. The second-order valence-corrected chi connectivity index (χ2v) is 4.84. The van der Waals surface area contributed by atoms with Crippen LogP contribution >= 0.6 is 0 Å². The number of carbonyl (C=O) groups excluding carboxylic acids is 2. The number of ether oxygens (including phenoxy) is 1. The van der Waals surface area contributed by atoms with Crippen LogP contribution in [-0.2, 0) is 9.53 Å². The van der Waals surface area contributed by atoms with Crippen LogP contribution < -0.4 is 10.9 Å². The Labute approximate surface area is 144 Å². The molecule has 1 aromatic heterocycles. The number of nitrogens with one attached hydrogen (secondary N) is 2. The fourth-order valence-electron chi connectivity index (χ4n) is 1.89. The maximum Gasteiger partial charge on any atom is 0.339 e. The minimum atomic E-state index is -1.02. The maximum absolute atomic E-state index is 11.8. The molecule has 11 heteroatoms. The van der Waals surface area contributed by atoms with Crippen LogP contribution in [0.1, 0.15) is 15.9 Å². The molecular formula is C15H10N4O7. The minimum Gasteiger partial charge on any atom is -0.494 e. The molecule has 0 saturated heterocycles. The number of aromatic hydroxyl groups is 1. The zero-order valence-corrected chi connectivity index (χ0v) is 12.9. The largest absolute Gasteiger partial charge is 0.494 e. The van der Waals surface area contributed by atoms with Gasteiger partial charge in [0.1, 0.15) is 6.07 Å². The lowest BCUT2D eigenvalue weighted by molar-refractivity contribution is -0.384. The van der Waals surface area contributed by atoms with Crippen molar-refractivity contribution in [1.82, 2.24) is 4.98 Å². The molecule has 2 rings (SSSR count). The van der Waals surface area contributed by atoms with Crippen LogP contribution in [0.15, 0.2) is 35.1 Å². The van der Waals surface area contributed by atoms with Crippen molar-refractivity contribution in [2.24, 2.45) is 0 Å². The van der Waals surface area contributed by atoms with E-state index in [1.807, 2.05) is 4.98 Å². The third-order valence-electron chi connectivity index (χ3n) is 3.01. The lowest BCUT2D eigenvalue weighted by atomic mass is 10.1. The number of nitro groups is 1. The molecule has 132 valence electrons. The van der Waals surface area contributed by atoms with Gasteiger partial charge in [-0.1, -0.05) is 0 Å². The topological polar surface area (TPSA) is 175 Å². The van der Waals surface area contributed by atoms with Crippen molar-refractivity contribution in [1.29, 1.82) is 5.26 Å². The van der Waals surface area contributed by atoms with Gasteiger partial charge in [0.05, 0.1) is 21.7 Å². The average Bonchev–Trinajstić information content (AvgIpc) is 2.58. The van der Waals surface area contributed by atoms with E-state index in [1.54, 1.807) is 6.07 Å². The highest BCUT2D eigenvalue weighted by atomic mass is 16.6. The number of pyridine rings is 1. The third-order valence-corrected chi connectivity index (χ3v) is 3.01. The Morgan fingerprint density at radius 3 is 2.69 bits per heavy atom. The van der Waals surface area contributed by atoms with Gasteiger partial charge >= 0.3 is 5.97 Å². The number of esters is 1. The summed E-state index contributed by atoms with van der Waals surface area (Å²) in [4.78, 5) is 46.7. The molecule has 0 aliphatic heterocycles. The molecule has 0 saturated carbocycles. The van der Waals surface area contributed by atoms with Gasteiger partial charge in [0.2, 0.25) is 0 Å². The monoisotopic (exact) mass is 358 g/mol. The van der Waals surface area contributed by atoms with Crippen LogP contribution in [0, 0.1) is 21.4 Å². The molecule has 0 bridgehead atoms. The van der Waals surface area contributed by atoms with Crippen LogP contribution in [0.2, 0.25) is 0 Å². The SMILES string of the molecule is N#Cc1cc([N+](=O)[O-])ccc1NC(=O)COC(=O)c1cc(O)[nH]c(=O)c1. The Hall–Kier alpha value is -4.20. The molecule has 3 N–H and O–H groups in total. The highest BCUT2D eigenvalue weighted by Crippen LogP contribution is 2.21. The zero-order valence-electron chi connectivity index (χ0n) is 12.9. The van der Waals surface area contributed by atoms with Gasteiger partial charge < -0.3 is 15.2 Å². The van der Waals surface area contributed by atoms with Crippen molar-refractivity contribution in [2.45, 2.75) is 0 Å². The smallest absolute Gasteiger partial charge is 0.339 e. The normalized spacial score (nSPS) is 9.81. The number of nitriles is 1. The summed E-state index contributed by atoms with van der Waals surface area (Å²) >= 11 is 0. The Bertz CT molecular complexity index is 990. The lowest BCUT2D eigenvalue weighted by Gasteiger charge is -2.08. The van der Waals surface area contributed by atoms with E-state index in [0.29, 0.717) is 0 Å². The molecule has 11 nitrogen and oxygen atoms in total. The molecule has 1 amide bonds. The molecule has 26 heavy (non-hydrogen) atoms. The number of nitro benzene ring substituents is 1. The average molecular weight is 358 g/mol. The van der Waals surface area contributed by atoms with E-state index in [2.05, 4.69) is 5.32 Å². The number of rotatable bonds is 5. The number of hydrogen-bond donors (Lipinski definition) is 3. The summed E-state index contributed by atoms with van der Waals surface area (Å²) in [6, 6.07) is 6.79. The molecule has 0 radical (unpaired) electrons. The van der Waals surface area contributed by atoms with E-state index >= 15 is 0 Å². The number of hydrogen-bond acceptors (Lipinski definition) is 8. The number of carbonyl (C=O) groups is 2.